The van der Waals surface area contributed by atoms with Crippen LogP contribution in [0.2, 0.25) is 5.02 Å². The van der Waals surface area contributed by atoms with E-state index in [2.05, 4.69) is 27.8 Å². The number of benzene rings is 2. The molecule has 24 heavy (non-hydrogen) atoms. The lowest BCUT2D eigenvalue weighted by atomic mass is 10.2. The van der Waals surface area contributed by atoms with Crippen molar-refractivity contribution in [3.05, 3.63) is 83.0 Å². The zero-order valence-electron chi connectivity index (χ0n) is 12.8. The summed E-state index contributed by atoms with van der Waals surface area (Å²) in [5.74, 6) is 0.662. The topological polar surface area (TPSA) is 60.7 Å². The average Bonchev–Trinajstić information content (AvgIpc) is 2.62. The van der Waals surface area contributed by atoms with Crippen LogP contribution in [0.4, 0.5) is 17.2 Å². The molecule has 0 fully saturated rings. The van der Waals surface area contributed by atoms with Gasteiger partial charge in [0.25, 0.3) is 0 Å². The van der Waals surface area contributed by atoms with Crippen molar-refractivity contribution in [3.8, 4) is 6.07 Å². The van der Waals surface area contributed by atoms with Crippen molar-refractivity contribution < 1.29 is 0 Å². The fourth-order valence-corrected chi connectivity index (χ4v) is 2.46. The van der Waals surface area contributed by atoms with Crippen molar-refractivity contribution in [1.82, 2.24) is 4.98 Å². The highest BCUT2D eigenvalue weighted by Crippen LogP contribution is 2.27. The molecule has 5 heteroatoms. The lowest BCUT2D eigenvalue weighted by molar-refractivity contribution is 1.15. The molecule has 0 amide bonds. The Morgan fingerprint density at radius 1 is 1.04 bits per heavy atom. The van der Waals surface area contributed by atoms with Gasteiger partial charge in [-0.3, -0.25) is 0 Å². The van der Waals surface area contributed by atoms with E-state index in [1.165, 1.54) is 11.8 Å². The molecule has 0 bridgehead atoms. The first-order chi connectivity index (χ1) is 11.7. The monoisotopic (exact) mass is 334 g/mol. The molecule has 3 aromatic rings. The number of pyridine rings is 1. The predicted octanol–water partition coefficient (Wildman–Crippen LogP) is 4.96. The zero-order chi connectivity index (χ0) is 16.8. The minimum Gasteiger partial charge on any atom is -0.380 e. The largest absolute Gasteiger partial charge is 0.380 e. The van der Waals surface area contributed by atoms with Gasteiger partial charge in [0.05, 0.1) is 16.3 Å². The first-order valence-electron chi connectivity index (χ1n) is 7.45. The summed E-state index contributed by atoms with van der Waals surface area (Å²) in [6.07, 6.45) is 1.53. The van der Waals surface area contributed by atoms with E-state index in [0.717, 1.165) is 11.4 Å². The van der Waals surface area contributed by atoms with Crippen molar-refractivity contribution in [2.45, 2.75) is 6.54 Å². The Labute approximate surface area is 145 Å². The van der Waals surface area contributed by atoms with E-state index in [9.17, 15) is 0 Å². The van der Waals surface area contributed by atoms with Crippen LogP contribution in [0.1, 0.15) is 11.1 Å². The van der Waals surface area contributed by atoms with Gasteiger partial charge < -0.3 is 10.6 Å². The Balaban J connectivity index is 1.66. The third-order valence-electron chi connectivity index (χ3n) is 3.46. The van der Waals surface area contributed by atoms with Crippen molar-refractivity contribution in [2.24, 2.45) is 0 Å². The molecule has 0 saturated carbocycles. The predicted molar refractivity (Wildman–Crippen MR) is 97.5 cm³/mol. The van der Waals surface area contributed by atoms with Crippen LogP contribution in [0, 0.1) is 11.3 Å². The summed E-state index contributed by atoms with van der Waals surface area (Å²) in [6, 6.07) is 21.4. The normalized spacial score (nSPS) is 10.0. The second-order valence-corrected chi connectivity index (χ2v) is 5.61. The van der Waals surface area contributed by atoms with Crippen LogP contribution in [-0.4, -0.2) is 4.98 Å². The molecule has 0 saturated heterocycles. The van der Waals surface area contributed by atoms with E-state index in [0.29, 0.717) is 22.9 Å². The molecule has 118 valence electrons. The summed E-state index contributed by atoms with van der Waals surface area (Å²) in [7, 11) is 0. The SMILES string of the molecule is N#Cc1ccc(Nc2ccc(NCc3ccccc3)c(Cl)c2)nc1. The number of rotatable bonds is 5. The minimum absolute atomic E-state index is 0.527. The van der Waals surface area contributed by atoms with Gasteiger partial charge in [0.15, 0.2) is 0 Å². The van der Waals surface area contributed by atoms with Gasteiger partial charge in [0, 0.05) is 18.4 Å². The maximum absolute atomic E-state index is 8.78. The van der Waals surface area contributed by atoms with Crippen molar-refractivity contribution >= 4 is 28.8 Å². The van der Waals surface area contributed by atoms with Gasteiger partial charge in [-0.15, -0.1) is 0 Å². The van der Waals surface area contributed by atoms with E-state index in [1.807, 2.05) is 42.5 Å². The molecule has 1 aromatic heterocycles. The summed E-state index contributed by atoms with van der Waals surface area (Å²) < 4.78 is 0. The van der Waals surface area contributed by atoms with Crippen LogP contribution in [0.15, 0.2) is 66.9 Å². The second-order valence-electron chi connectivity index (χ2n) is 5.20. The number of hydrogen-bond acceptors (Lipinski definition) is 4. The minimum atomic E-state index is 0.527. The van der Waals surface area contributed by atoms with E-state index in [4.69, 9.17) is 16.9 Å². The van der Waals surface area contributed by atoms with E-state index in [1.54, 1.807) is 12.1 Å². The summed E-state index contributed by atoms with van der Waals surface area (Å²) in [6.45, 7) is 0.713. The molecule has 0 atom stereocenters. The molecule has 0 aliphatic rings. The van der Waals surface area contributed by atoms with Crippen molar-refractivity contribution in [1.29, 1.82) is 5.26 Å². The number of anilines is 3. The highest BCUT2D eigenvalue weighted by Gasteiger charge is 2.03. The summed E-state index contributed by atoms with van der Waals surface area (Å²) in [4.78, 5) is 4.18. The third-order valence-corrected chi connectivity index (χ3v) is 3.77. The van der Waals surface area contributed by atoms with Crippen LogP contribution in [0.3, 0.4) is 0 Å². The van der Waals surface area contributed by atoms with Crippen molar-refractivity contribution in [3.63, 3.8) is 0 Å². The van der Waals surface area contributed by atoms with Crippen LogP contribution in [-0.2, 0) is 6.54 Å². The molecule has 4 nitrogen and oxygen atoms in total. The number of hydrogen-bond donors (Lipinski definition) is 2. The second kappa shape index (κ2) is 7.49. The molecular weight excluding hydrogens is 320 g/mol. The number of nitriles is 1. The molecule has 0 spiro atoms. The first kappa shape index (κ1) is 15.9. The third kappa shape index (κ3) is 4.03. The summed E-state index contributed by atoms with van der Waals surface area (Å²) in [5, 5.41) is 15.9. The Bertz CT molecular complexity index is 855. The molecule has 0 aliphatic carbocycles. The van der Waals surface area contributed by atoms with Gasteiger partial charge in [-0.25, -0.2) is 4.98 Å². The summed E-state index contributed by atoms with van der Waals surface area (Å²) in [5.41, 5.74) is 3.43. The molecule has 2 N–H and O–H groups in total. The number of aromatic nitrogens is 1. The van der Waals surface area contributed by atoms with Gasteiger partial charge in [0.2, 0.25) is 0 Å². The Kier molecular flexibility index (Phi) is 4.95. The van der Waals surface area contributed by atoms with Crippen molar-refractivity contribution in [2.75, 3.05) is 10.6 Å². The van der Waals surface area contributed by atoms with E-state index >= 15 is 0 Å². The van der Waals surface area contributed by atoms with Crippen LogP contribution < -0.4 is 10.6 Å². The standard InChI is InChI=1S/C19H15ClN4/c20-17-10-16(24-19-9-6-15(11-21)13-23-19)7-8-18(17)22-12-14-4-2-1-3-5-14/h1-10,13,22H,12H2,(H,23,24). The number of halogens is 1. The van der Waals surface area contributed by atoms with Crippen LogP contribution in [0.25, 0.3) is 0 Å². The average molecular weight is 335 g/mol. The maximum atomic E-state index is 8.78. The molecule has 3 rings (SSSR count). The Morgan fingerprint density at radius 2 is 1.88 bits per heavy atom. The highest BCUT2D eigenvalue weighted by atomic mass is 35.5. The van der Waals surface area contributed by atoms with Gasteiger partial charge in [-0.05, 0) is 35.9 Å². The van der Waals surface area contributed by atoms with Gasteiger partial charge in [0.1, 0.15) is 11.9 Å². The van der Waals surface area contributed by atoms with Gasteiger partial charge in [-0.2, -0.15) is 5.26 Å². The molecular formula is C19H15ClN4. The van der Waals surface area contributed by atoms with Gasteiger partial charge in [-0.1, -0.05) is 41.9 Å². The molecule has 0 unspecified atom stereocenters. The smallest absolute Gasteiger partial charge is 0.130 e. The Morgan fingerprint density at radius 3 is 2.54 bits per heavy atom. The van der Waals surface area contributed by atoms with E-state index in [-0.39, 0.29) is 0 Å². The van der Waals surface area contributed by atoms with Gasteiger partial charge >= 0.3 is 0 Å². The van der Waals surface area contributed by atoms with E-state index < -0.39 is 0 Å². The fourth-order valence-electron chi connectivity index (χ4n) is 2.21. The lowest BCUT2D eigenvalue weighted by Crippen LogP contribution is -2.00. The lowest BCUT2D eigenvalue weighted by Gasteiger charge is -2.11. The zero-order valence-corrected chi connectivity index (χ0v) is 13.6. The number of nitrogens with zero attached hydrogens (tertiary/aromatic N) is 2. The van der Waals surface area contributed by atoms with Crippen LogP contribution >= 0.6 is 11.6 Å². The molecule has 0 aliphatic heterocycles. The quantitative estimate of drug-likeness (QED) is 0.692. The molecule has 2 aromatic carbocycles. The van der Waals surface area contributed by atoms with Crippen LogP contribution in [0.5, 0.6) is 0 Å². The highest BCUT2D eigenvalue weighted by molar-refractivity contribution is 6.33. The Hall–Kier alpha value is -3.03. The number of nitrogens with one attached hydrogen (secondary N) is 2. The molecule has 0 radical (unpaired) electrons. The summed E-state index contributed by atoms with van der Waals surface area (Å²) >= 11 is 6.34. The first-order valence-corrected chi connectivity index (χ1v) is 7.83. The maximum Gasteiger partial charge on any atom is 0.130 e. The fraction of sp³-hybridized carbons (Fsp3) is 0.0526. The molecule has 1 heterocycles.